The summed E-state index contributed by atoms with van der Waals surface area (Å²) in [5.74, 6) is -1.41. The Balaban J connectivity index is 1.81. The number of hydrogen-bond donors (Lipinski definition) is 1. The van der Waals surface area contributed by atoms with Gasteiger partial charge in [-0.3, -0.25) is 4.79 Å². The number of halogens is 1. The first-order valence-corrected chi connectivity index (χ1v) is 9.98. The van der Waals surface area contributed by atoms with Crippen LogP contribution in [-0.2, 0) is 21.3 Å². The zero-order valence-electron chi connectivity index (χ0n) is 13.3. The molecule has 2 aromatic rings. The summed E-state index contributed by atoms with van der Waals surface area (Å²) in [5, 5.41) is 4.48. The molecule has 1 aromatic carbocycles. The molecule has 6 nitrogen and oxygen atoms in total. The lowest BCUT2D eigenvalue weighted by atomic mass is 10.2. The molecule has 9 heteroatoms. The topological polar surface area (TPSA) is 75.7 Å². The van der Waals surface area contributed by atoms with Gasteiger partial charge in [-0.1, -0.05) is 6.07 Å². The molecule has 0 atom stereocenters. The number of thiophene rings is 1. The highest BCUT2D eigenvalue weighted by Gasteiger charge is 2.27. The van der Waals surface area contributed by atoms with Crippen molar-refractivity contribution in [3.05, 3.63) is 52.0 Å². The standard InChI is InChI=1S/C16H17FN2O4S2/c17-15-4-3-13(25(21,22)19-5-7-23-8-6-19)10-14(15)16(20)18-11-12-2-1-9-24-12/h1-4,9-10H,5-8,11H2,(H,18,20). The number of nitrogens with one attached hydrogen (secondary N) is 1. The summed E-state index contributed by atoms with van der Waals surface area (Å²) in [7, 11) is -3.78. The van der Waals surface area contributed by atoms with Gasteiger partial charge in [-0.2, -0.15) is 4.31 Å². The van der Waals surface area contributed by atoms with E-state index in [1.807, 2.05) is 17.5 Å². The molecule has 1 aliphatic heterocycles. The third-order valence-corrected chi connectivity index (χ3v) is 6.56. The number of amides is 1. The summed E-state index contributed by atoms with van der Waals surface area (Å²) in [6, 6.07) is 6.97. The minimum absolute atomic E-state index is 0.0999. The zero-order valence-corrected chi connectivity index (χ0v) is 14.9. The molecule has 1 amide bonds. The maximum atomic E-state index is 14.0. The van der Waals surface area contributed by atoms with E-state index < -0.39 is 21.7 Å². The van der Waals surface area contributed by atoms with Crippen LogP contribution in [0.15, 0.2) is 40.6 Å². The van der Waals surface area contributed by atoms with E-state index in [1.54, 1.807) is 0 Å². The van der Waals surface area contributed by atoms with Crippen molar-refractivity contribution in [2.45, 2.75) is 11.4 Å². The zero-order chi connectivity index (χ0) is 17.9. The van der Waals surface area contributed by atoms with Crippen molar-refractivity contribution in [3.8, 4) is 0 Å². The number of hydrogen-bond acceptors (Lipinski definition) is 5. The van der Waals surface area contributed by atoms with Crippen LogP contribution < -0.4 is 5.32 Å². The van der Waals surface area contributed by atoms with E-state index in [2.05, 4.69) is 5.32 Å². The molecule has 1 aliphatic rings. The lowest BCUT2D eigenvalue weighted by Gasteiger charge is -2.26. The molecule has 3 rings (SSSR count). The second-order valence-electron chi connectivity index (χ2n) is 5.42. The van der Waals surface area contributed by atoms with Gasteiger partial charge in [0.1, 0.15) is 5.82 Å². The van der Waals surface area contributed by atoms with Crippen molar-refractivity contribution in [2.24, 2.45) is 0 Å². The predicted molar refractivity (Wildman–Crippen MR) is 91.5 cm³/mol. The minimum Gasteiger partial charge on any atom is -0.379 e. The fourth-order valence-electron chi connectivity index (χ4n) is 2.45. The van der Waals surface area contributed by atoms with Gasteiger partial charge in [-0.25, -0.2) is 12.8 Å². The normalized spacial score (nSPS) is 15.9. The first kappa shape index (κ1) is 18.0. The van der Waals surface area contributed by atoms with Crippen molar-refractivity contribution in [1.82, 2.24) is 9.62 Å². The van der Waals surface area contributed by atoms with Gasteiger partial charge in [0.15, 0.2) is 0 Å². The van der Waals surface area contributed by atoms with Gasteiger partial charge in [-0.15, -0.1) is 11.3 Å². The molecule has 25 heavy (non-hydrogen) atoms. The molecule has 134 valence electrons. The van der Waals surface area contributed by atoms with Gasteiger partial charge in [0.25, 0.3) is 5.91 Å². The molecule has 1 saturated heterocycles. The van der Waals surface area contributed by atoms with Crippen LogP contribution in [0.4, 0.5) is 4.39 Å². The molecule has 0 spiro atoms. The van der Waals surface area contributed by atoms with Gasteiger partial charge in [-0.05, 0) is 29.6 Å². The molecule has 0 saturated carbocycles. The number of carbonyl (C=O) groups excluding carboxylic acids is 1. The Labute approximate surface area is 149 Å². The number of morpholine rings is 1. The molecular weight excluding hydrogens is 367 g/mol. The summed E-state index contributed by atoms with van der Waals surface area (Å²) in [5.41, 5.74) is -0.286. The number of sulfonamides is 1. The maximum Gasteiger partial charge on any atom is 0.254 e. The third kappa shape index (κ3) is 4.06. The van der Waals surface area contributed by atoms with Crippen molar-refractivity contribution >= 4 is 27.3 Å². The largest absolute Gasteiger partial charge is 0.379 e. The van der Waals surface area contributed by atoms with Crippen LogP contribution in [0.2, 0.25) is 0 Å². The monoisotopic (exact) mass is 384 g/mol. The van der Waals surface area contributed by atoms with E-state index in [-0.39, 0.29) is 30.1 Å². The van der Waals surface area contributed by atoms with Gasteiger partial charge in [0.05, 0.1) is 30.2 Å². The SMILES string of the molecule is O=C(NCc1cccs1)c1cc(S(=O)(=O)N2CCOCC2)ccc1F. The van der Waals surface area contributed by atoms with Crippen LogP contribution in [-0.4, -0.2) is 44.9 Å². The van der Waals surface area contributed by atoms with Crippen molar-refractivity contribution in [3.63, 3.8) is 0 Å². The smallest absolute Gasteiger partial charge is 0.254 e. The first-order valence-electron chi connectivity index (χ1n) is 7.66. The van der Waals surface area contributed by atoms with Crippen LogP contribution in [0, 0.1) is 5.82 Å². The van der Waals surface area contributed by atoms with E-state index in [0.717, 1.165) is 17.0 Å². The second-order valence-corrected chi connectivity index (χ2v) is 8.39. The fraction of sp³-hybridized carbons (Fsp3) is 0.312. The molecule has 1 aromatic heterocycles. The second kappa shape index (κ2) is 7.61. The Morgan fingerprint density at radius 1 is 1.28 bits per heavy atom. The highest BCUT2D eigenvalue weighted by atomic mass is 32.2. The minimum atomic E-state index is -3.78. The summed E-state index contributed by atoms with van der Waals surface area (Å²) in [4.78, 5) is 13.1. The molecule has 0 radical (unpaired) electrons. The van der Waals surface area contributed by atoms with E-state index in [9.17, 15) is 17.6 Å². The van der Waals surface area contributed by atoms with Crippen molar-refractivity contribution in [1.29, 1.82) is 0 Å². The molecule has 1 fully saturated rings. The summed E-state index contributed by atoms with van der Waals surface area (Å²) in [6.07, 6.45) is 0. The number of carbonyl (C=O) groups is 1. The molecule has 0 unspecified atom stereocenters. The average molecular weight is 384 g/mol. The average Bonchev–Trinajstić information content (AvgIpc) is 3.14. The number of benzene rings is 1. The van der Waals surface area contributed by atoms with Gasteiger partial charge in [0, 0.05) is 18.0 Å². The quantitative estimate of drug-likeness (QED) is 0.854. The van der Waals surface area contributed by atoms with Gasteiger partial charge in [0.2, 0.25) is 10.0 Å². The van der Waals surface area contributed by atoms with Crippen LogP contribution in [0.3, 0.4) is 0 Å². The Morgan fingerprint density at radius 2 is 2.04 bits per heavy atom. The molecule has 2 heterocycles. The Kier molecular flexibility index (Phi) is 5.48. The van der Waals surface area contributed by atoms with Crippen molar-refractivity contribution in [2.75, 3.05) is 26.3 Å². The van der Waals surface area contributed by atoms with E-state index in [0.29, 0.717) is 13.2 Å². The fourth-order valence-corrected chi connectivity index (χ4v) is 4.53. The highest BCUT2D eigenvalue weighted by Crippen LogP contribution is 2.20. The van der Waals surface area contributed by atoms with Crippen LogP contribution in [0.1, 0.15) is 15.2 Å². The highest BCUT2D eigenvalue weighted by molar-refractivity contribution is 7.89. The van der Waals surface area contributed by atoms with Crippen LogP contribution >= 0.6 is 11.3 Å². The van der Waals surface area contributed by atoms with Gasteiger partial charge >= 0.3 is 0 Å². The Morgan fingerprint density at radius 3 is 2.72 bits per heavy atom. The summed E-state index contributed by atoms with van der Waals surface area (Å²) in [6.45, 7) is 1.36. The molecule has 0 bridgehead atoms. The summed E-state index contributed by atoms with van der Waals surface area (Å²) >= 11 is 1.47. The lowest BCUT2D eigenvalue weighted by molar-refractivity contribution is 0.0730. The number of nitrogens with zero attached hydrogens (tertiary/aromatic N) is 1. The Hall–Kier alpha value is -1.81. The predicted octanol–water partition coefficient (Wildman–Crippen LogP) is 1.84. The van der Waals surface area contributed by atoms with Crippen LogP contribution in [0.25, 0.3) is 0 Å². The number of rotatable bonds is 5. The van der Waals surface area contributed by atoms with E-state index in [4.69, 9.17) is 4.74 Å². The van der Waals surface area contributed by atoms with E-state index in [1.165, 1.54) is 21.7 Å². The maximum absolute atomic E-state index is 14.0. The molecule has 1 N–H and O–H groups in total. The van der Waals surface area contributed by atoms with Crippen LogP contribution in [0.5, 0.6) is 0 Å². The third-order valence-electron chi connectivity index (χ3n) is 3.79. The van der Waals surface area contributed by atoms with E-state index >= 15 is 0 Å². The van der Waals surface area contributed by atoms with Gasteiger partial charge < -0.3 is 10.1 Å². The summed E-state index contributed by atoms with van der Waals surface area (Å²) < 4.78 is 45.7. The molecule has 0 aliphatic carbocycles. The van der Waals surface area contributed by atoms with Crippen molar-refractivity contribution < 1.29 is 22.3 Å². The molecular formula is C16H17FN2O4S2. The first-order chi connectivity index (χ1) is 12.0. The Bertz CT molecular complexity index is 847. The lowest BCUT2D eigenvalue weighted by Crippen LogP contribution is -2.40. The number of ether oxygens (including phenoxy) is 1.